The number of benzene rings is 1. The van der Waals surface area contributed by atoms with Gasteiger partial charge in [0.1, 0.15) is 0 Å². The van der Waals surface area contributed by atoms with E-state index in [0.717, 1.165) is 0 Å². The highest BCUT2D eigenvalue weighted by atomic mass is 79.9. The van der Waals surface area contributed by atoms with Crippen molar-refractivity contribution < 1.29 is 13.7 Å². The minimum Gasteiger partial charge on any atom is -0.258 e. The Morgan fingerprint density at radius 2 is 2.20 bits per heavy atom. The highest BCUT2D eigenvalue weighted by Gasteiger charge is 2.49. The molecule has 1 unspecified atom stereocenters. The molecule has 0 aromatic heterocycles. The van der Waals surface area contributed by atoms with E-state index in [1.807, 2.05) is 0 Å². The third-order valence-corrected chi connectivity index (χ3v) is 3.38. The number of rotatable bonds is 1. The number of alkyl halides is 3. The van der Waals surface area contributed by atoms with E-state index in [-0.39, 0.29) is 23.2 Å². The maximum Gasteiger partial charge on any atom is 0.286 e. The molecule has 0 aliphatic heterocycles. The molecule has 0 spiro atoms. The molecule has 1 aromatic carbocycles. The average Bonchev–Trinajstić information content (AvgIpc) is 2.38. The summed E-state index contributed by atoms with van der Waals surface area (Å²) in [4.78, 5) is 8.94. The lowest BCUT2D eigenvalue weighted by atomic mass is 10.1. The van der Waals surface area contributed by atoms with E-state index in [2.05, 4.69) is 15.9 Å². The maximum atomic E-state index is 13.5. The topological polar surface area (TPSA) is 43.1 Å². The summed E-state index contributed by atoms with van der Waals surface area (Å²) < 4.78 is 27.0. The van der Waals surface area contributed by atoms with Crippen LogP contribution in [0.25, 0.3) is 0 Å². The molecule has 1 aromatic rings. The predicted octanol–water partition coefficient (Wildman–Crippen LogP) is 3.01. The summed E-state index contributed by atoms with van der Waals surface area (Å²) in [5.41, 5.74) is -0.331. The molecule has 0 fully saturated rings. The Kier molecular flexibility index (Phi) is 2.26. The van der Waals surface area contributed by atoms with Crippen LogP contribution in [0.5, 0.6) is 0 Å². The second-order valence-corrected chi connectivity index (χ2v) is 4.46. The van der Waals surface area contributed by atoms with Gasteiger partial charge in [-0.1, -0.05) is 28.1 Å². The van der Waals surface area contributed by atoms with Crippen LogP contribution in [-0.4, -0.2) is 9.75 Å². The monoisotopic (exact) mass is 277 g/mol. The zero-order valence-corrected chi connectivity index (χ0v) is 9.00. The summed E-state index contributed by atoms with van der Waals surface area (Å²) in [6, 6.07) is 3.78. The van der Waals surface area contributed by atoms with Crippen LogP contribution in [0, 0.1) is 10.1 Å². The molecular weight excluding hydrogens is 272 g/mol. The number of hydrogen-bond acceptors (Lipinski definition) is 2. The van der Waals surface area contributed by atoms with Crippen LogP contribution in [0.15, 0.2) is 18.2 Å². The Morgan fingerprint density at radius 1 is 1.53 bits per heavy atom. The van der Waals surface area contributed by atoms with Crippen LogP contribution >= 0.6 is 15.9 Å². The van der Waals surface area contributed by atoms with E-state index >= 15 is 0 Å². The molecule has 3 nitrogen and oxygen atoms in total. The molecular formula is C9H6BrF2NO2. The predicted molar refractivity (Wildman–Crippen MR) is 53.4 cm³/mol. The standard InChI is InChI=1S/C9H6BrF2NO2/c10-8-4-5-6(9(8,11)12)2-1-3-7(5)13(14)15/h1-3,8H,4H2. The quantitative estimate of drug-likeness (QED) is 0.450. The Balaban J connectivity index is 2.63. The second-order valence-electron chi connectivity index (χ2n) is 3.35. The Bertz CT molecular complexity index is 436. The van der Waals surface area contributed by atoms with Gasteiger partial charge >= 0.3 is 0 Å². The molecule has 2 rings (SSSR count). The Hall–Kier alpha value is -1.04. The molecule has 1 atom stereocenters. The molecule has 0 radical (unpaired) electrons. The van der Waals surface area contributed by atoms with Gasteiger partial charge in [-0.2, -0.15) is 0 Å². The first kappa shape index (κ1) is 10.5. The zero-order valence-electron chi connectivity index (χ0n) is 7.41. The minimum absolute atomic E-state index is 0.0144. The van der Waals surface area contributed by atoms with Gasteiger partial charge in [0.05, 0.1) is 9.75 Å². The molecule has 1 aliphatic rings. The molecule has 0 saturated carbocycles. The SMILES string of the molecule is O=[N+]([O-])c1cccc2c1CC(Br)C2(F)F. The lowest BCUT2D eigenvalue weighted by Gasteiger charge is -2.13. The number of halogens is 3. The van der Waals surface area contributed by atoms with Crippen LogP contribution in [0.3, 0.4) is 0 Å². The highest BCUT2D eigenvalue weighted by Crippen LogP contribution is 2.47. The normalized spacial score (nSPS) is 22.5. The van der Waals surface area contributed by atoms with E-state index in [4.69, 9.17) is 0 Å². The molecule has 0 N–H and O–H groups in total. The number of hydrogen-bond donors (Lipinski definition) is 0. The summed E-state index contributed by atoms with van der Waals surface area (Å²) in [5.74, 6) is -3.03. The van der Waals surface area contributed by atoms with Crippen molar-refractivity contribution in [2.24, 2.45) is 0 Å². The molecule has 0 amide bonds. The van der Waals surface area contributed by atoms with Crippen LogP contribution in [0.1, 0.15) is 11.1 Å². The number of nitrogens with zero attached hydrogens (tertiary/aromatic N) is 1. The first-order valence-electron chi connectivity index (χ1n) is 4.23. The number of nitro benzene ring substituents is 1. The first-order valence-corrected chi connectivity index (χ1v) is 5.15. The van der Waals surface area contributed by atoms with E-state index in [9.17, 15) is 18.9 Å². The lowest BCUT2D eigenvalue weighted by Crippen LogP contribution is -2.20. The van der Waals surface area contributed by atoms with Crippen LogP contribution in [0.4, 0.5) is 14.5 Å². The Labute approximate surface area is 92.4 Å². The van der Waals surface area contributed by atoms with Crippen LogP contribution in [0.2, 0.25) is 0 Å². The van der Waals surface area contributed by atoms with Gasteiger partial charge in [0.25, 0.3) is 11.6 Å². The minimum atomic E-state index is -3.03. The number of nitro groups is 1. The summed E-state index contributed by atoms with van der Waals surface area (Å²) in [7, 11) is 0. The second kappa shape index (κ2) is 3.23. The van der Waals surface area contributed by atoms with Crippen molar-refractivity contribution in [1.82, 2.24) is 0 Å². The van der Waals surface area contributed by atoms with Crippen molar-refractivity contribution in [2.75, 3.05) is 0 Å². The van der Waals surface area contributed by atoms with Gasteiger partial charge in [0.15, 0.2) is 0 Å². The number of fused-ring (bicyclic) bond motifs is 1. The van der Waals surface area contributed by atoms with Crippen molar-refractivity contribution in [3.63, 3.8) is 0 Å². The molecule has 0 heterocycles. The van der Waals surface area contributed by atoms with Crippen molar-refractivity contribution in [3.05, 3.63) is 39.4 Å². The van der Waals surface area contributed by atoms with Crippen molar-refractivity contribution >= 4 is 21.6 Å². The van der Waals surface area contributed by atoms with E-state index < -0.39 is 15.7 Å². The molecule has 15 heavy (non-hydrogen) atoms. The maximum absolute atomic E-state index is 13.5. The summed E-state index contributed by atoms with van der Waals surface area (Å²) >= 11 is 2.85. The van der Waals surface area contributed by atoms with E-state index in [0.29, 0.717) is 0 Å². The van der Waals surface area contributed by atoms with Gasteiger partial charge in [-0.25, -0.2) is 8.78 Å². The van der Waals surface area contributed by atoms with Gasteiger partial charge < -0.3 is 0 Å². The van der Waals surface area contributed by atoms with Crippen molar-refractivity contribution in [3.8, 4) is 0 Å². The van der Waals surface area contributed by atoms with E-state index in [1.165, 1.54) is 18.2 Å². The van der Waals surface area contributed by atoms with Crippen LogP contribution < -0.4 is 0 Å². The molecule has 6 heteroatoms. The van der Waals surface area contributed by atoms with Crippen molar-refractivity contribution in [2.45, 2.75) is 17.2 Å². The van der Waals surface area contributed by atoms with Gasteiger partial charge in [0.2, 0.25) is 0 Å². The fourth-order valence-corrected chi connectivity index (χ4v) is 2.32. The largest absolute Gasteiger partial charge is 0.286 e. The van der Waals surface area contributed by atoms with E-state index in [1.54, 1.807) is 0 Å². The fraction of sp³-hybridized carbons (Fsp3) is 0.333. The van der Waals surface area contributed by atoms with Gasteiger partial charge in [0, 0.05) is 17.2 Å². The first-order chi connectivity index (χ1) is 6.94. The van der Waals surface area contributed by atoms with Gasteiger partial charge in [-0.05, 0) is 6.42 Å². The smallest absolute Gasteiger partial charge is 0.258 e. The van der Waals surface area contributed by atoms with Gasteiger partial charge in [-0.3, -0.25) is 10.1 Å². The molecule has 80 valence electrons. The third-order valence-electron chi connectivity index (χ3n) is 2.48. The molecule has 0 saturated heterocycles. The highest BCUT2D eigenvalue weighted by molar-refractivity contribution is 9.09. The summed E-state index contributed by atoms with van der Waals surface area (Å²) in [6.45, 7) is 0. The summed E-state index contributed by atoms with van der Waals surface area (Å²) in [5, 5.41) is 10.6. The fourth-order valence-electron chi connectivity index (χ4n) is 1.75. The third kappa shape index (κ3) is 1.43. The lowest BCUT2D eigenvalue weighted by molar-refractivity contribution is -0.385. The van der Waals surface area contributed by atoms with Crippen LogP contribution in [-0.2, 0) is 12.3 Å². The summed E-state index contributed by atoms with van der Waals surface area (Å²) in [6.07, 6.45) is -0.0144. The zero-order chi connectivity index (χ0) is 11.2. The molecule has 0 bridgehead atoms. The van der Waals surface area contributed by atoms with Crippen molar-refractivity contribution in [1.29, 1.82) is 0 Å². The molecule has 1 aliphatic carbocycles. The Morgan fingerprint density at radius 3 is 2.80 bits per heavy atom. The van der Waals surface area contributed by atoms with Gasteiger partial charge in [-0.15, -0.1) is 0 Å². The average molecular weight is 278 g/mol.